The SMILES string of the molecule is CCNC(=NCC(c1cccnc1)C(C)C)N1CCC[C@@H](C(=O)OCC)C1. The van der Waals surface area contributed by atoms with Crippen molar-refractivity contribution in [2.24, 2.45) is 16.8 Å². The van der Waals surface area contributed by atoms with E-state index < -0.39 is 0 Å². The molecule has 0 amide bonds. The first-order chi connectivity index (χ1) is 13.1. The Morgan fingerprint density at radius 1 is 1.44 bits per heavy atom. The van der Waals surface area contributed by atoms with Gasteiger partial charge >= 0.3 is 5.97 Å². The van der Waals surface area contributed by atoms with Gasteiger partial charge in [-0.05, 0) is 44.2 Å². The van der Waals surface area contributed by atoms with Gasteiger partial charge in [0.05, 0.1) is 12.5 Å². The van der Waals surface area contributed by atoms with Gasteiger partial charge in [0, 0.05) is 44.5 Å². The van der Waals surface area contributed by atoms with E-state index in [4.69, 9.17) is 9.73 Å². The van der Waals surface area contributed by atoms with Gasteiger partial charge in [0.2, 0.25) is 0 Å². The topological polar surface area (TPSA) is 66.8 Å². The standard InChI is InChI=1S/C21H34N4O2/c1-5-23-21(25-12-8-10-18(15-25)20(26)27-6-2)24-14-19(16(3)4)17-9-7-11-22-13-17/h7,9,11,13,16,18-19H,5-6,8,10,12,14-15H2,1-4H3,(H,23,24)/t18-,19?/m1/s1. The van der Waals surface area contributed by atoms with Crippen molar-refractivity contribution < 1.29 is 9.53 Å². The molecule has 0 bridgehead atoms. The van der Waals surface area contributed by atoms with Crippen molar-refractivity contribution in [3.8, 4) is 0 Å². The van der Waals surface area contributed by atoms with E-state index in [2.05, 4.69) is 42.0 Å². The third-order valence-corrected chi connectivity index (χ3v) is 5.03. The molecule has 1 aromatic rings. The number of esters is 1. The second-order valence-electron chi connectivity index (χ2n) is 7.37. The number of hydrogen-bond acceptors (Lipinski definition) is 4. The van der Waals surface area contributed by atoms with Crippen LogP contribution in [-0.2, 0) is 9.53 Å². The van der Waals surface area contributed by atoms with Gasteiger partial charge in [-0.2, -0.15) is 0 Å². The Bertz CT molecular complexity index is 603. The number of nitrogens with one attached hydrogen (secondary N) is 1. The molecule has 150 valence electrons. The van der Waals surface area contributed by atoms with Gasteiger partial charge in [0.15, 0.2) is 5.96 Å². The Hall–Kier alpha value is -2.11. The van der Waals surface area contributed by atoms with Crippen LogP contribution < -0.4 is 5.32 Å². The Balaban J connectivity index is 2.11. The molecule has 1 N–H and O–H groups in total. The van der Waals surface area contributed by atoms with E-state index in [-0.39, 0.29) is 11.9 Å². The summed E-state index contributed by atoms with van der Waals surface area (Å²) in [6.07, 6.45) is 5.60. The third-order valence-electron chi connectivity index (χ3n) is 5.03. The van der Waals surface area contributed by atoms with Crippen LogP contribution in [0.2, 0.25) is 0 Å². The molecule has 1 aliphatic heterocycles. The monoisotopic (exact) mass is 374 g/mol. The van der Waals surface area contributed by atoms with Gasteiger partial charge < -0.3 is 15.0 Å². The number of carbonyl (C=O) groups excluding carboxylic acids is 1. The summed E-state index contributed by atoms with van der Waals surface area (Å²) >= 11 is 0. The van der Waals surface area contributed by atoms with Gasteiger partial charge in [-0.3, -0.25) is 14.8 Å². The van der Waals surface area contributed by atoms with Crippen molar-refractivity contribution in [2.45, 2.75) is 46.5 Å². The minimum Gasteiger partial charge on any atom is -0.466 e. The lowest BCUT2D eigenvalue weighted by atomic mass is 9.89. The smallest absolute Gasteiger partial charge is 0.310 e. The van der Waals surface area contributed by atoms with Crippen molar-refractivity contribution in [2.75, 3.05) is 32.8 Å². The predicted molar refractivity (Wildman–Crippen MR) is 109 cm³/mol. The molecule has 6 heteroatoms. The summed E-state index contributed by atoms with van der Waals surface area (Å²) in [5.41, 5.74) is 1.22. The molecule has 0 radical (unpaired) electrons. The third kappa shape index (κ3) is 6.22. The number of rotatable bonds is 7. The van der Waals surface area contributed by atoms with Gasteiger partial charge in [0.1, 0.15) is 0 Å². The molecule has 1 unspecified atom stereocenters. The minimum atomic E-state index is -0.0894. The van der Waals surface area contributed by atoms with Gasteiger partial charge in [0.25, 0.3) is 0 Å². The first-order valence-electron chi connectivity index (χ1n) is 10.2. The largest absolute Gasteiger partial charge is 0.466 e. The fraction of sp³-hybridized carbons (Fsp3) is 0.667. The number of piperidine rings is 1. The van der Waals surface area contributed by atoms with Crippen LogP contribution in [0.25, 0.3) is 0 Å². The number of nitrogens with zero attached hydrogens (tertiary/aromatic N) is 3. The molecule has 0 spiro atoms. The summed E-state index contributed by atoms with van der Waals surface area (Å²) in [5, 5.41) is 3.40. The highest BCUT2D eigenvalue weighted by Crippen LogP contribution is 2.24. The number of likely N-dealkylation sites (tertiary alicyclic amines) is 1. The molecule has 2 atom stereocenters. The quantitative estimate of drug-likeness (QED) is 0.451. The molecule has 0 aliphatic carbocycles. The Morgan fingerprint density at radius 2 is 2.26 bits per heavy atom. The zero-order valence-corrected chi connectivity index (χ0v) is 17.1. The normalized spacial score (nSPS) is 19.1. The number of pyridine rings is 1. The zero-order chi connectivity index (χ0) is 19.6. The van der Waals surface area contributed by atoms with Crippen LogP contribution in [0.4, 0.5) is 0 Å². The van der Waals surface area contributed by atoms with E-state index in [1.165, 1.54) is 5.56 Å². The van der Waals surface area contributed by atoms with Crippen LogP contribution in [0.15, 0.2) is 29.5 Å². The molecule has 0 saturated carbocycles. The van der Waals surface area contributed by atoms with Crippen LogP contribution in [0, 0.1) is 11.8 Å². The number of aliphatic imine (C=N–C) groups is 1. The van der Waals surface area contributed by atoms with Gasteiger partial charge in [-0.1, -0.05) is 19.9 Å². The second-order valence-corrected chi connectivity index (χ2v) is 7.37. The van der Waals surface area contributed by atoms with E-state index >= 15 is 0 Å². The fourth-order valence-corrected chi connectivity index (χ4v) is 3.53. The Labute approximate surface area is 163 Å². The fourth-order valence-electron chi connectivity index (χ4n) is 3.53. The molecule has 0 aromatic carbocycles. The van der Waals surface area contributed by atoms with Crippen LogP contribution in [0.5, 0.6) is 0 Å². The highest BCUT2D eigenvalue weighted by Gasteiger charge is 2.28. The lowest BCUT2D eigenvalue weighted by molar-refractivity contribution is -0.149. The first-order valence-corrected chi connectivity index (χ1v) is 10.2. The van der Waals surface area contributed by atoms with Gasteiger partial charge in [-0.15, -0.1) is 0 Å². The predicted octanol–water partition coefficient (Wildman–Crippen LogP) is 3.06. The molecular weight excluding hydrogens is 340 g/mol. The lowest BCUT2D eigenvalue weighted by Crippen LogP contribution is -2.48. The molecule has 2 heterocycles. The minimum absolute atomic E-state index is 0.0678. The van der Waals surface area contributed by atoms with E-state index in [0.717, 1.165) is 31.9 Å². The molecule has 27 heavy (non-hydrogen) atoms. The second kappa shape index (κ2) is 10.9. The summed E-state index contributed by atoms with van der Waals surface area (Å²) in [5.74, 6) is 1.52. The summed E-state index contributed by atoms with van der Waals surface area (Å²) in [7, 11) is 0. The maximum Gasteiger partial charge on any atom is 0.310 e. The zero-order valence-electron chi connectivity index (χ0n) is 17.1. The summed E-state index contributed by atoms with van der Waals surface area (Å²) < 4.78 is 5.22. The molecule has 1 aromatic heterocycles. The highest BCUT2D eigenvalue weighted by molar-refractivity contribution is 5.81. The Morgan fingerprint density at radius 3 is 2.89 bits per heavy atom. The average Bonchev–Trinajstić information content (AvgIpc) is 2.68. The van der Waals surface area contributed by atoms with Crippen molar-refractivity contribution >= 4 is 11.9 Å². The number of hydrogen-bond donors (Lipinski definition) is 1. The van der Waals surface area contributed by atoms with E-state index in [1.807, 2.05) is 19.2 Å². The van der Waals surface area contributed by atoms with Crippen molar-refractivity contribution in [1.29, 1.82) is 0 Å². The Kier molecular flexibility index (Phi) is 8.55. The first kappa shape index (κ1) is 21.2. The molecular formula is C21H34N4O2. The van der Waals surface area contributed by atoms with Crippen molar-refractivity contribution in [1.82, 2.24) is 15.2 Å². The molecule has 6 nitrogen and oxygen atoms in total. The van der Waals surface area contributed by atoms with Gasteiger partial charge in [-0.25, -0.2) is 0 Å². The van der Waals surface area contributed by atoms with E-state index in [1.54, 1.807) is 6.20 Å². The van der Waals surface area contributed by atoms with Crippen LogP contribution in [-0.4, -0.2) is 54.6 Å². The average molecular weight is 375 g/mol. The summed E-state index contributed by atoms with van der Waals surface area (Å²) in [6.45, 7) is 11.9. The molecule has 2 rings (SSSR count). The van der Waals surface area contributed by atoms with E-state index in [9.17, 15) is 4.79 Å². The molecule has 1 saturated heterocycles. The molecule has 1 fully saturated rings. The lowest BCUT2D eigenvalue weighted by Gasteiger charge is -2.34. The molecule has 1 aliphatic rings. The maximum absolute atomic E-state index is 12.1. The highest BCUT2D eigenvalue weighted by atomic mass is 16.5. The number of carbonyl (C=O) groups is 1. The number of ether oxygens (including phenoxy) is 1. The summed E-state index contributed by atoms with van der Waals surface area (Å²) in [6, 6.07) is 4.10. The number of aromatic nitrogens is 1. The van der Waals surface area contributed by atoms with Crippen LogP contribution >= 0.6 is 0 Å². The number of guanidine groups is 1. The van der Waals surface area contributed by atoms with Crippen LogP contribution in [0.3, 0.4) is 0 Å². The van der Waals surface area contributed by atoms with E-state index in [0.29, 0.717) is 31.5 Å². The summed E-state index contributed by atoms with van der Waals surface area (Å²) in [4.78, 5) is 23.5. The van der Waals surface area contributed by atoms with Crippen molar-refractivity contribution in [3.05, 3.63) is 30.1 Å². The maximum atomic E-state index is 12.1. The van der Waals surface area contributed by atoms with Crippen molar-refractivity contribution in [3.63, 3.8) is 0 Å². The van der Waals surface area contributed by atoms with Crippen LogP contribution in [0.1, 0.15) is 52.0 Å².